The molecule has 0 unspecified atom stereocenters. The molecule has 0 bridgehead atoms. The van der Waals surface area contributed by atoms with Gasteiger partial charge in [-0.05, 0) is 0 Å². The number of hydrogen-bond acceptors (Lipinski definition) is 4. The maximum atomic E-state index is 8.75. The average molecular weight is 117 g/mol. The third-order valence-corrected chi connectivity index (χ3v) is 1.15. The molecule has 1 aliphatic heterocycles. The van der Waals surface area contributed by atoms with Crippen molar-refractivity contribution in [2.75, 3.05) is 13.1 Å². The van der Waals surface area contributed by atoms with Crippen LogP contribution in [0.3, 0.4) is 0 Å². The molecule has 1 saturated heterocycles. The van der Waals surface area contributed by atoms with Crippen LogP contribution in [0, 0.1) is 0 Å². The molecule has 0 amide bonds. The number of rotatable bonds is 0. The second-order valence-corrected chi connectivity index (χ2v) is 1.98. The van der Waals surface area contributed by atoms with Gasteiger partial charge in [0, 0.05) is 19.1 Å². The molecule has 4 heteroatoms. The Balaban J connectivity index is 2.19. The topological polar surface area (TPSA) is 70.3 Å². The van der Waals surface area contributed by atoms with E-state index in [9.17, 15) is 0 Å². The largest absolute Gasteiger partial charge is 0.365 e. The predicted molar refractivity (Wildman–Crippen MR) is 30.0 cm³/mol. The molecule has 0 aromatic heterocycles. The molecule has 0 atom stereocenters. The van der Waals surface area contributed by atoms with E-state index in [0.717, 1.165) is 0 Å². The van der Waals surface area contributed by atoms with Gasteiger partial charge in [-0.15, -0.1) is 0 Å². The lowest BCUT2D eigenvalue weighted by atomic mass is 10.3. The molecule has 0 aromatic rings. The fourth-order valence-electron chi connectivity index (χ4n) is 0.670. The number of hydrogen-bond donors (Lipinski definition) is 4. The van der Waals surface area contributed by atoms with Crippen LogP contribution in [0.1, 0.15) is 0 Å². The van der Waals surface area contributed by atoms with Gasteiger partial charge in [0.1, 0.15) is 0 Å². The van der Waals surface area contributed by atoms with Crippen molar-refractivity contribution in [3.8, 4) is 0 Å². The van der Waals surface area contributed by atoms with Gasteiger partial charge in [0.05, 0.1) is 0 Å². The van der Waals surface area contributed by atoms with Gasteiger partial charge in [-0.3, -0.25) is 10.6 Å². The van der Waals surface area contributed by atoms with Gasteiger partial charge in [0.2, 0.25) is 0 Å². The van der Waals surface area contributed by atoms with E-state index < -0.39 is 6.35 Å². The SMILES string of the molecule is NC1CNC(O)NC1. The summed E-state index contributed by atoms with van der Waals surface area (Å²) in [7, 11) is 0. The zero-order chi connectivity index (χ0) is 5.98. The van der Waals surface area contributed by atoms with Crippen LogP contribution in [0.15, 0.2) is 0 Å². The summed E-state index contributed by atoms with van der Waals surface area (Å²) in [5.41, 5.74) is 5.46. The van der Waals surface area contributed by atoms with Crippen molar-refractivity contribution in [1.29, 1.82) is 0 Å². The van der Waals surface area contributed by atoms with E-state index in [1.165, 1.54) is 0 Å². The number of nitrogens with one attached hydrogen (secondary N) is 2. The molecule has 0 spiro atoms. The van der Waals surface area contributed by atoms with E-state index in [1.807, 2.05) is 0 Å². The summed E-state index contributed by atoms with van der Waals surface area (Å²) in [6.45, 7) is 1.38. The highest BCUT2D eigenvalue weighted by Crippen LogP contribution is 1.82. The minimum absolute atomic E-state index is 0.137. The number of aliphatic hydroxyl groups excluding tert-OH is 1. The monoisotopic (exact) mass is 117 g/mol. The quantitative estimate of drug-likeness (QED) is 0.290. The molecule has 0 saturated carbocycles. The van der Waals surface area contributed by atoms with Crippen molar-refractivity contribution in [2.24, 2.45) is 5.73 Å². The van der Waals surface area contributed by atoms with Gasteiger partial charge in [-0.2, -0.15) is 0 Å². The Hall–Kier alpha value is -0.160. The van der Waals surface area contributed by atoms with Crippen LogP contribution in [0.2, 0.25) is 0 Å². The standard InChI is InChI=1S/C4H11N3O/c5-3-1-6-4(8)7-2-3/h3-4,6-8H,1-2,5H2. The Kier molecular flexibility index (Phi) is 1.80. The molecule has 5 N–H and O–H groups in total. The lowest BCUT2D eigenvalue weighted by Crippen LogP contribution is -2.57. The van der Waals surface area contributed by atoms with Crippen molar-refractivity contribution >= 4 is 0 Å². The van der Waals surface area contributed by atoms with Crippen molar-refractivity contribution in [1.82, 2.24) is 10.6 Å². The Morgan fingerprint density at radius 2 is 1.88 bits per heavy atom. The fraction of sp³-hybridized carbons (Fsp3) is 1.00. The maximum absolute atomic E-state index is 8.75. The highest BCUT2D eigenvalue weighted by molar-refractivity contribution is 4.73. The molecule has 8 heavy (non-hydrogen) atoms. The Bertz CT molecular complexity index is 59.7. The van der Waals surface area contributed by atoms with Crippen molar-refractivity contribution < 1.29 is 5.11 Å². The predicted octanol–water partition coefficient (Wildman–Crippen LogP) is -2.22. The maximum Gasteiger partial charge on any atom is 0.160 e. The minimum Gasteiger partial charge on any atom is -0.365 e. The highest BCUT2D eigenvalue weighted by atomic mass is 16.3. The zero-order valence-electron chi connectivity index (χ0n) is 4.59. The molecular formula is C4H11N3O. The Morgan fingerprint density at radius 3 is 2.25 bits per heavy atom. The van der Waals surface area contributed by atoms with Crippen LogP contribution in [0.25, 0.3) is 0 Å². The van der Waals surface area contributed by atoms with Crippen molar-refractivity contribution in [3.63, 3.8) is 0 Å². The molecule has 4 nitrogen and oxygen atoms in total. The van der Waals surface area contributed by atoms with Crippen LogP contribution >= 0.6 is 0 Å². The van der Waals surface area contributed by atoms with Crippen LogP contribution in [-0.2, 0) is 0 Å². The lowest BCUT2D eigenvalue weighted by Gasteiger charge is -2.24. The second-order valence-electron chi connectivity index (χ2n) is 1.98. The zero-order valence-corrected chi connectivity index (χ0v) is 4.59. The normalized spacial score (nSPS) is 39.8. The Morgan fingerprint density at radius 1 is 1.38 bits per heavy atom. The van der Waals surface area contributed by atoms with E-state index >= 15 is 0 Å². The van der Waals surface area contributed by atoms with Crippen molar-refractivity contribution in [2.45, 2.75) is 12.4 Å². The first kappa shape index (κ1) is 5.97. The molecule has 1 rings (SSSR count). The van der Waals surface area contributed by atoms with Crippen LogP contribution in [-0.4, -0.2) is 30.6 Å². The summed E-state index contributed by atoms with van der Waals surface area (Å²) in [4.78, 5) is 0. The van der Waals surface area contributed by atoms with Crippen molar-refractivity contribution in [3.05, 3.63) is 0 Å². The van der Waals surface area contributed by atoms with Gasteiger partial charge in [0.15, 0.2) is 6.35 Å². The van der Waals surface area contributed by atoms with E-state index in [4.69, 9.17) is 10.8 Å². The first-order valence-corrected chi connectivity index (χ1v) is 2.69. The summed E-state index contributed by atoms with van der Waals surface area (Å²) < 4.78 is 0. The summed E-state index contributed by atoms with van der Waals surface area (Å²) in [6, 6.07) is 0.137. The molecule has 1 fully saturated rings. The van der Waals surface area contributed by atoms with Crippen LogP contribution < -0.4 is 16.4 Å². The second kappa shape index (κ2) is 2.41. The minimum atomic E-state index is -0.560. The first-order valence-electron chi connectivity index (χ1n) is 2.69. The number of aliphatic hydroxyl groups is 1. The highest BCUT2D eigenvalue weighted by Gasteiger charge is 2.12. The lowest BCUT2D eigenvalue weighted by molar-refractivity contribution is 0.0798. The molecule has 1 aliphatic rings. The van der Waals surface area contributed by atoms with Gasteiger partial charge < -0.3 is 10.8 Å². The first-order chi connectivity index (χ1) is 3.79. The smallest absolute Gasteiger partial charge is 0.160 e. The van der Waals surface area contributed by atoms with E-state index in [0.29, 0.717) is 13.1 Å². The van der Waals surface area contributed by atoms with Crippen LogP contribution in [0.4, 0.5) is 0 Å². The average Bonchev–Trinajstić information content (AvgIpc) is 1.77. The number of nitrogens with two attached hydrogens (primary N) is 1. The molecule has 0 radical (unpaired) electrons. The van der Waals surface area contributed by atoms with Crippen LogP contribution in [0.5, 0.6) is 0 Å². The molecular weight excluding hydrogens is 106 g/mol. The summed E-state index contributed by atoms with van der Waals surface area (Å²) in [6.07, 6.45) is -0.560. The molecule has 0 aliphatic carbocycles. The van der Waals surface area contributed by atoms with E-state index in [1.54, 1.807) is 0 Å². The summed E-state index contributed by atoms with van der Waals surface area (Å²) in [5.74, 6) is 0. The van der Waals surface area contributed by atoms with Gasteiger partial charge in [-0.25, -0.2) is 0 Å². The Labute approximate surface area is 48.1 Å². The van der Waals surface area contributed by atoms with Gasteiger partial charge in [0.25, 0.3) is 0 Å². The van der Waals surface area contributed by atoms with Gasteiger partial charge >= 0.3 is 0 Å². The third kappa shape index (κ3) is 1.41. The fourth-order valence-corrected chi connectivity index (χ4v) is 0.670. The molecule has 48 valence electrons. The summed E-state index contributed by atoms with van der Waals surface area (Å²) >= 11 is 0. The van der Waals surface area contributed by atoms with E-state index in [2.05, 4.69) is 10.6 Å². The third-order valence-electron chi connectivity index (χ3n) is 1.15. The summed E-state index contributed by atoms with van der Waals surface area (Å²) in [5, 5.41) is 14.3. The molecule has 0 aromatic carbocycles. The van der Waals surface area contributed by atoms with Gasteiger partial charge in [-0.1, -0.05) is 0 Å². The van der Waals surface area contributed by atoms with E-state index in [-0.39, 0.29) is 6.04 Å². The molecule has 1 heterocycles.